The van der Waals surface area contributed by atoms with Crippen molar-refractivity contribution in [3.8, 4) is 5.75 Å². The number of aliphatic hydroxyl groups excluding tert-OH is 3. The zero-order valence-corrected chi connectivity index (χ0v) is 16.4. The number of carboxylic acid groups (broad SMARTS) is 1. The number of allylic oxidation sites excluding steroid dienone is 2. The Morgan fingerprint density at radius 1 is 1.21 bits per heavy atom. The average Bonchev–Trinajstić information content (AvgIpc) is 3.23. The molecule has 0 saturated heterocycles. The number of aliphatic carboxylic acids is 1. The summed E-state index contributed by atoms with van der Waals surface area (Å²) in [5.74, 6) is -0.379. The molecule has 1 aliphatic carbocycles. The summed E-state index contributed by atoms with van der Waals surface area (Å²) in [7, 11) is 0. The van der Waals surface area contributed by atoms with Gasteiger partial charge in [-0.05, 0) is 36.8 Å². The molecule has 0 radical (unpaired) electrons. The maximum atomic E-state index is 10.5. The SMILES string of the molecule is O=C(O)CCC/C=C\C[C@@H]1C(/C=C/[C@@H](O)[C@H]2Cc3ccccc3O2)[C@H](O)C[C@@H]1O. The molecule has 1 aromatic rings. The Hall–Kier alpha value is -2.15. The molecule has 6 atom stereocenters. The van der Waals surface area contributed by atoms with Crippen LogP contribution in [0.2, 0.25) is 0 Å². The Balaban J connectivity index is 1.53. The predicted molar refractivity (Wildman–Crippen MR) is 109 cm³/mol. The molecule has 1 unspecified atom stereocenters. The van der Waals surface area contributed by atoms with Gasteiger partial charge in [-0.2, -0.15) is 0 Å². The number of ether oxygens (including phenoxy) is 1. The third-order valence-corrected chi connectivity index (χ3v) is 5.84. The number of rotatable bonds is 9. The number of carbonyl (C=O) groups is 1. The van der Waals surface area contributed by atoms with Gasteiger partial charge in [0, 0.05) is 25.2 Å². The summed E-state index contributed by atoms with van der Waals surface area (Å²) >= 11 is 0. The Bertz CT molecular complexity index is 718. The third-order valence-electron chi connectivity index (χ3n) is 5.84. The molecule has 0 aromatic heterocycles. The van der Waals surface area contributed by atoms with E-state index < -0.39 is 24.3 Å². The minimum atomic E-state index is -0.800. The molecule has 2 aliphatic rings. The van der Waals surface area contributed by atoms with Crippen LogP contribution in [0.3, 0.4) is 0 Å². The Labute approximate surface area is 171 Å². The van der Waals surface area contributed by atoms with Crippen molar-refractivity contribution in [1.82, 2.24) is 0 Å². The average molecular weight is 402 g/mol. The quantitative estimate of drug-likeness (QED) is 0.373. The maximum absolute atomic E-state index is 10.5. The minimum Gasteiger partial charge on any atom is -0.487 e. The summed E-state index contributed by atoms with van der Waals surface area (Å²) < 4.78 is 5.81. The van der Waals surface area contributed by atoms with E-state index in [1.807, 2.05) is 36.4 Å². The molecule has 0 spiro atoms. The van der Waals surface area contributed by atoms with E-state index in [0.29, 0.717) is 32.1 Å². The summed E-state index contributed by atoms with van der Waals surface area (Å²) in [6.07, 6.45) is 7.92. The van der Waals surface area contributed by atoms with Gasteiger partial charge in [-0.25, -0.2) is 0 Å². The second-order valence-electron chi connectivity index (χ2n) is 7.95. The smallest absolute Gasteiger partial charge is 0.303 e. The Kier molecular flexibility index (Phi) is 7.47. The number of unbranched alkanes of at least 4 members (excludes halogenated alkanes) is 1. The molecule has 6 nitrogen and oxygen atoms in total. The lowest BCUT2D eigenvalue weighted by Crippen LogP contribution is -2.29. The van der Waals surface area contributed by atoms with E-state index in [1.165, 1.54) is 0 Å². The van der Waals surface area contributed by atoms with Gasteiger partial charge in [0.15, 0.2) is 0 Å². The highest BCUT2D eigenvalue weighted by molar-refractivity contribution is 5.66. The molecule has 1 aliphatic heterocycles. The van der Waals surface area contributed by atoms with Gasteiger partial charge in [-0.15, -0.1) is 0 Å². The normalized spacial score (nSPS) is 30.0. The molecule has 0 amide bonds. The first-order valence-corrected chi connectivity index (χ1v) is 10.3. The van der Waals surface area contributed by atoms with E-state index in [1.54, 1.807) is 12.2 Å². The summed E-state index contributed by atoms with van der Waals surface area (Å²) in [5, 5.41) is 39.8. The highest BCUT2D eigenvalue weighted by Gasteiger charge is 2.39. The number of carboxylic acids is 1. The second-order valence-corrected chi connectivity index (χ2v) is 7.95. The van der Waals surface area contributed by atoms with Crippen LogP contribution in [0.1, 0.15) is 37.7 Å². The first-order chi connectivity index (χ1) is 14.0. The van der Waals surface area contributed by atoms with Gasteiger partial charge in [-0.3, -0.25) is 4.79 Å². The van der Waals surface area contributed by atoms with Crippen molar-refractivity contribution in [1.29, 1.82) is 0 Å². The highest BCUT2D eigenvalue weighted by Crippen LogP contribution is 2.37. The molecule has 3 rings (SSSR count). The molecular formula is C23H30O6. The van der Waals surface area contributed by atoms with Gasteiger partial charge in [0.1, 0.15) is 18.0 Å². The van der Waals surface area contributed by atoms with Gasteiger partial charge in [0.25, 0.3) is 0 Å². The number of para-hydroxylation sites is 1. The lowest BCUT2D eigenvalue weighted by Gasteiger charge is -2.20. The summed E-state index contributed by atoms with van der Waals surface area (Å²) in [6.45, 7) is 0. The lowest BCUT2D eigenvalue weighted by molar-refractivity contribution is -0.137. The first kappa shape index (κ1) is 21.6. The topological polar surface area (TPSA) is 107 Å². The van der Waals surface area contributed by atoms with Crippen LogP contribution < -0.4 is 4.74 Å². The van der Waals surface area contributed by atoms with Crippen molar-refractivity contribution in [3.05, 3.63) is 54.1 Å². The fourth-order valence-electron chi connectivity index (χ4n) is 4.21. The van der Waals surface area contributed by atoms with Crippen molar-refractivity contribution < 1.29 is 30.0 Å². The van der Waals surface area contributed by atoms with Gasteiger partial charge in [0.2, 0.25) is 0 Å². The van der Waals surface area contributed by atoms with Gasteiger partial charge in [-0.1, -0.05) is 42.5 Å². The first-order valence-electron chi connectivity index (χ1n) is 10.3. The number of fused-ring (bicyclic) bond motifs is 1. The fourth-order valence-corrected chi connectivity index (χ4v) is 4.21. The number of hydrogen-bond acceptors (Lipinski definition) is 5. The zero-order valence-electron chi connectivity index (χ0n) is 16.4. The number of hydrogen-bond donors (Lipinski definition) is 4. The number of aliphatic hydroxyl groups is 3. The second kappa shape index (κ2) is 10.1. The summed E-state index contributed by atoms with van der Waals surface area (Å²) in [4.78, 5) is 10.5. The van der Waals surface area contributed by atoms with E-state index in [4.69, 9.17) is 9.84 Å². The molecule has 1 heterocycles. The van der Waals surface area contributed by atoms with Crippen LogP contribution in [0.15, 0.2) is 48.6 Å². The van der Waals surface area contributed by atoms with Crippen LogP contribution in [0, 0.1) is 11.8 Å². The fraction of sp³-hybridized carbons (Fsp3) is 0.522. The molecule has 1 fully saturated rings. The molecular weight excluding hydrogens is 372 g/mol. The monoisotopic (exact) mass is 402 g/mol. The molecule has 158 valence electrons. The van der Waals surface area contributed by atoms with Crippen LogP contribution in [-0.2, 0) is 11.2 Å². The van der Waals surface area contributed by atoms with Crippen LogP contribution in [-0.4, -0.2) is 50.8 Å². The Morgan fingerprint density at radius 2 is 2.00 bits per heavy atom. The van der Waals surface area contributed by atoms with Crippen molar-refractivity contribution in [2.75, 3.05) is 0 Å². The van der Waals surface area contributed by atoms with Gasteiger partial charge < -0.3 is 25.2 Å². The van der Waals surface area contributed by atoms with Gasteiger partial charge in [0.05, 0.1) is 12.2 Å². The minimum absolute atomic E-state index is 0.133. The van der Waals surface area contributed by atoms with Crippen LogP contribution in [0.25, 0.3) is 0 Å². The zero-order chi connectivity index (χ0) is 20.8. The van der Waals surface area contributed by atoms with E-state index in [2.05, 4.69) is 0 Å². The molecule has 6 heteroatoms. The predicted octanol–water partition coefficient (Wildman–Crippen LogP) is 2.47. The molecule has 29 heavy (non-hydrogen) atoms. The Morgan fingerprint density at radius 3 is 2.76 bits per heavy atom. The third kappa shape index (κ3) is 5.69. The summed E-state index contributed by atoms with van der Waals surface area (Å²) in [5.41, 5.74) is 1.08. The molecule has 4 N–H and O–H groups in total. The molecule has 1 aromatic carbocycles. The standard InChI is InChI=1S/C23H30O6/c24-18(22-13-15-7-5-6-9-21(15)29-22)12-11-17-16(19(25)14-20(17)26)8-3-1-2-4-10-23(27)28/h1,3,5-7,9,11-12,16-20,22,24-26H,2,4,8,10,13-14H2,(H,27,28)/b3-1-,12-11+/t16-,17?,18-,19+,20-,22-/m1/s1. The van der Waals surface area contributed by atoms with E-state index in [-0.39, 0.29) is 24.4 Å². The van der Waals surface area contributed by atoms with Crippen LogP contribution >= 0.6 is 0 Å². The van der Waals surface area contributed by atoms with Crippen molar-refractivity contribution in [2.24, 2.45) is 11.8 Å². The maximum Gasteiger partial charge on any atom is 0.303 e. The number of benzene rings is 1. The van der Waals surface area contributed by atoms with Crippen molar-refractivity contribution in [2.45, 2.75) is 62.9 Å². The largest absolute Gasteiger partial charge is 0.487 e. The van der Waals surface area contributed by atoms with E-state index in [0.717, 1.165) is 11.3 Å². The van der Waals surface area contributed by atoms with E-state index in [9.17, 15) is 20.1 Å². The van der Waals surface area contributed by atoms with Crippen LogP contribution in [0.5, 0.6) is 5.75 Å². The van der Waals surface area contributed by atoms with Crippen molar-refractivity contribution in [3.63, 3.8) is 0 Å². The highest BCUT2D eigenvalue weighted by atomic mass is 16.5. The molecule has 1 saturated carbocycles. The van der Waals surface area contributed by atoms with E-state index >= 15 is 0 Å². The van der Waals surface area contributed by atoms with Gasteiger partial charge >= 0.3 is 5.97 Å². The lowest BCUT2D eigenvalue weighted by atomic mass is 9.89. The molecule has 0 bridgehead atoms. The van der Waals surface area contributed by atoms with Crippen molar-refractivity contribution >= 4 is 5.97 Å². The van der Waals surface area contributed by atoms with Crippen LogP contribution in [0.4, 0.5) is 0 Å². The summed E-state index contributed by atoms with van der Waals surface area (Å²) in [6, 6.07) is 7.73.